The lowest BCUT2D eigenvalue weighted by Crippen LogP contribution is -2.15. The smallest absolute Gasteiger partial charge is 0.0704 e. The molecule has 0 rings (SSSR count). The Bertz CT molecular complexity index is 677. The minimum atomic E-state index is 0.514. The molecular weight excluding hydrogens is 712 g/mol. The van der Waals surface area contributed by atoms with E-state index in [-0.39, 0.29) is 0 Å². The Kier molecular flexibility index (Phi) is 52.5. The van der Waals surface area contributed by atoms with Crippen LogP contribution >= 0.6 is 0 Å². The zero-order valence-electron chi connectivity index (χ0n) is 35.2. The van der Waals surface area contributed by atoms with Gasteiger partial charge in [0, 0.05) is 6.61 Å². The predicted molar refractivity (Wildman–Crippen MR) is 217 cm³/mol. The highest BCUT2D eigenvalue weighted by atomic mass is 16.6. The van der Waals surface area contributed by atoms with E-state index in [0.29, 0.717) is 165 Å². The molecule has 0 aromatic heterocycles. The van der Waals surface area contributed by atoms with Crippen LogP contribution in [-0.2, 0) is 61.6 Å². The quantitative estimate of drug-likeness (QED) is 0.0494. The normalized spacial score (nSPS) is 11.6. The summed E-state index contributed by atoms with van der Waals surface area (Å²) in [5.74, 6) is 0. The van der Waals surface area contributed by atoms with Gasteiger partial charge in [-0.05, 0) is 6.42 Å². The Morgan fingerprint density at radius 3 is 0.636 bits per heavy atom. The van der Waals surface area contributed by atoms with Crippen LogP contribution in [0.1, 0.15) is 90.4 Å². The summed E-state index contributed by atoms with van der Waals surface area (Å²) in [6.07, 6.45) is 19.5. The second kappa shape index (κ2) is 53.2. The van der Waals surface area contributed by atoms with E-state index in [1.165, 1.54) is 77.0 Å². The summed E-state index contributed by atoms with van der Waals surface area (Å²) < 4.78 is 71.3. The first-order valence-electron chi connectivity index (χ1n) is 21.5. The molecule has 0 aliphatic carbocycles. The van der Waals surface area contributed by atoms with Gasteiger partial charge in [0.05, 0.1) is 165 Å². The third-order valence-electron chi connectivity index (χ3n) is 8.09. The van der Waals surface area contributed by atoms with Crippen molar-refractivity contribution in [2.24, 2.45) is 0 Å². The summed E-state index contributed by atoms with van der Waals surface area (Å²) in [7, 11) is 0. The summed E-state index contributed by atoms with van der Waals surface area (Å²) in [5, 5.41) is 0. The topological polar surface area (TPSA) is 120 Å². The molecule has 0 aromatic carbocycles. The molecule has 0 N–H and O–H groups in total. The van der Waals surface area contributed by atoms with E-state index >= 15 is 0 Å². The molecule has 0 radical (unpaired) electrons. The lowest BCUT2D eigenvalue weighted by atomic mass is 10.0. The Balaban J connectivity index is 3.05. The fraction of sp³-hybridized carbons (Fsp3) is 0.952. The van der Waals surface area contributed by atoms with Crippen molar-refractivity contribution in [1.82, 2.24) is 0 Å². The highest BCUT2D eigenvalue weighted by Gasteiger charge is 1.98. The van der Waals surface area contributed by atoms with Gasteiger partial charge < -0.3 is 61.6 Å². The number of hydrogen-bond acceptors (Lipinski definition) is 13. The molecule has 0 fully saturated rings. The van der Waals surface area contributed by atoms with Crippen LogP contribution in [0.3, 0.4) is 0 Å². The van der Waals surface area contributed by atoms with Crippen molar-refractivity contribution in [1.29, 1.82) is 0 Å². The van der Waals surface area contributed by atoms with Gasteiger partial charge in [-0.25, -0.2) is 0 Å². The number of ether oxygens (including phenoxy) is 13. The summed E-state index contributed by atoms with van der Waals surface area (Å²) in [4.78, 5) is 0. The average Bonchev–Trinajstić information content (AvgIpc) is 3.20. The van der Waals surface area contributed by atoms with Crippen molar-refractivity contribution >= 4 is 0 Å². The largest absolute Gasteiger partial charge is 0.379 e. The summed E-state index contributed by atoms with van der Waals surface area (Å²) in [5.41, 5.74) is 0. The molecule has 0 amide bonds. The van der Waals surface area contributed by atoms with Crippen molar-refractivity contribution in [2.75, 3.05) is 172 Å². The molecule has 0 saturated carbocycles. The Hall–Kier alpha value is -0.780. The summed E-state index contributed by atoms with van der Waals surface area (Å²) in [6.45, 7) is 20.2. The summed E-state index contributed by atoms with van der Waals surface area (Å²) in [6, 6.07) is 0. The molecule has 0 saturated heterocycles. The van der Waals surface area contributed by atoms with E-state index in [0.717, 1.165) is 13.0 Å². The maximum absolute atomic E-state index is 5.68. The van der Waals surface area contributed by atoms with Crippen molar-refractivity contribution in [3.63, 3.8) is 0 Å². The van der Waals surface area contributed by atoms with Gasteiger partial charge in [-0.2, -0.15) is 0 Å². The second-order valence-corrected chi connectivity index (χ2v) is 13.0. The van der Waals surface area contributed by atoms with Gasteiger partial charge in [0.2, 0.25) is 0 Å². The van der Waals surface area contributed by atoms with Crippen LogP contribution in [0.25, 0.3) is 0 Å². The van der Waals surface area contributed by atoms with Crippen molar-refractivity contribution in [3.05, 3.63) is 12.7 Å². The van der Waals surface area contributed by atoms with Crippen LogP contribution in [0.15, 0.2) is 12.7 Å². The average molecular weight is 797 g/mol. The minimum Gasteiger partial charge on any atom is -0.379 e. The molecular formula is C42H84O13. The molecule has 13 heteroatoms. The van der Waals surface area contributed by atoms with E-state index in [1.54, 1.807) is 6.08 Å². The van der Waals surface area contributed by atoms with E-state index < -0.39 is 0 Å². The number of rotatable bonds is 52. The van der Waals surface area contributed by atoms with Gasteiger partial charge in [0.1, 0.15) is 0 Å². The fourth-order valence-corrected chi connectivity index (χ4v) is 5.03. The monoisotopic (exact) mass is 797 g/mol. The van der Waals surface area contributed by atoms with Gasteiger partial charge >= 0.3 is 0 Å². The van der Waals surface area contributed by atoms with Crippen LogP contribution in [0.4, 0.5) is 0 Å². The molecule has 0 aliphatic heterocycles. The van der Waals surface area contributed by atoms with E-state index in [1.807, 2.05) is 0 Å². The van der Waals surface area contributed by atoms with Crippen LogP contribution in [-0.4, -0.2) is 172 Å². The fourth-order valence-electron chi connectivity index (χ4n) is 5.03. The van der Waals surface area contributed by atoms with Crippen molar-refractivity contribution < 1.29 is 61.6 Å². The predicted octanol–water partition coefficient (Wildman–Crippen LogP) is 6.48. The van der Waals surface area contributed by atoms with Crippen molar-refractivity contribution in [3.8, 4) is 0 Å². The zero-order chi connectivity index (χ0) is 39.5. The minimum absolute atomic E-state index is 0.514. The second-order valence-electron chi connectivity index (χ2n) is 13.0. The number of hydrogen-bond donors (Lipinski definition) is 0. The zero-order valence-corrected chi connectivity index (χ0v) is 35.2. The third kappa shape index (κ3) is 53.2. The maximum atomic E-state index is 5.68. The molecule has 0 heterocycles. The molecule has 330 valence electrons. The van der Waals surface area contributed by atoms with Crippen LogP contribution in [0.5, 0.6) is 0 Å². The molecule has 13 nitrogen and oxygen atoms in total. The first-order valence-corrected chi connectivity index (χ1v) is 21.5. The molecule has 0 bridgehead atoms. The summed E-state index contributed by atoms with van der Waals surface area (Å²) >= 11 is 0. The van der Waals surface area contributed by atoms with Gasteiger partial charge in [0.25, 0.3) is 0 Å². The Morgan fingerprint density at radius 2 is 0.418 bits per heavy atom. The van der Waals surface area contributed by atoms with E-state index in [9.17, 15) is 0 Å². The van der Waals surface area contributed by atoms with Crippen LogP contribution in [0, 0.1) is 0 Å². The van der Waals surface area contributed by atoms with Crippen molar-refractivity contribution in [2.45, 2.75) is 90.4 Å². The van der Waals surface area contributed by atoms with Gasteiger partial charge in [-0.3, -0.25) is 0 Å². The molecule has 0 spiro atoms. The molecule has 0 aromatic rings. The van der Waals surface area contributed by atoms with Crippen LogP contribution in [0.2, 0.25) is 0 Å². The SMILES string of the molecule is C=CCOCCOCCOCCOCCOCCOCCOCCOCCOCCOCCOCCOCCOCCCCCCCCCCCCCCC. The first-order chi connectivity index (χ1) is 27.4. The van der Waals surface area contributed by atoms with Gasteiger partial charge in [-0.15, -0.1) is 6.58 Å². The van der Waals surface area contributed by atoms with Gasteiger partial charge in [0.15, 0.2) is 0 Å². The lowest BCUT2D eigenvalue weighted by molar-refractivity contribution is -0.0289. The molecule has 55 heavy (non-hydrogen) atoms. The number of unbranched alkanes of at least 4 members (excludes halogenated alkanes) is 12. The third-order valence-corrected chi connectivity index (χ3v) is 8.09. The molecule has 0 atom stereocenters. The Morgan fingerprint density at radius 1 is 0.236 bits per heavy atom. The van der Waals surface area contributed by atoms with E-state index in [4.69, 9.17) is 61.6 Å². The maximum Gasteiger partial charge on any atom is 0.0704 e. The lowest BCUT2D eigenvalue weighted by Gasteiger charge is -2.09. The van der Waals surface area contributed by atoms with Crippen LogP contribution < -0.4 is 0 Å². The highest BCUT2D eigenvalue weighted by Crippen LogP contribution is 2.12. The molecule has 0 unspecified atom stereocenters. The van der Waals surface area contributed by atoms with Gasteiger partial charge in [-0.1, -0.05) is 90.0 Å². The standard InChI is InChI=1S/C42H84O13/c1-3-5-6-7-8-9-10-11-12-13-14-15-16-18-44-20-22-46-24-26-48-28-30-50-32-34-52-36-38-54-40-42-55-41-39-53-37-35-51-33-31-49-29-27-47-25-23-45-21-19-43-17-4-2/h4H,2-3,5-42H2,1H3. The molecule has 0 aliphatic rings. The Labute approximate surface area is 335 Å². The first kappa shape index (κ1) is 54.2. The van der Waals surface area contributed by atoms with E-state index in [2.05, 4.69) is 13.5 Å². The highest BCUT2D eigenvalue weighted by molar-refractivity contribution is 4.63.